The van der Waals surface area contributed by atoms with Gasteiger partial charge in [-0.3, -0.25) is 4.90 Å². The largest absolute Gasteiger partial charge is 0.377 e. The second-order valence-electron chi connectivity index (χ2n) is 3.15. The Kier molecular flexibility index (Phi) is 4.25. The number of likely N-dealkylation sites (N-methyl/N-ethyl adjacent to an activating group) is 1. The summed E-state index contributed by atoms with van der Waals surface area (Å²) in [6.45, 7) is 5.34. The molecule has 1 rings (SSSR count). The molecule has 1 fully saturated rings. The predicted molar refractivity (Wildman–Crippen MR) is 47.2 cm³/mol. The van der Waals surface area contributed by atoms with E-state index in [0.717, 1.165) is 32.4 Å². The van der Waals surface area contributed by atoms with Gasteiger partial charge in [-0.1, -0.05) is 6.92 Å². The van der Waals surface area contributed by atoms with Crippen molar-refractivity contribution < 1.29 is 9.53 Å². The molecule has 70 valence electrons. The van der Waals surface area contributed by atoms with Crippen LogP contribution in [0.4, 0.5) is 0 Å². The zero-order valence-corrected chi connectivity index (χ0v) is 7.66. The van der Waals surface area contributed by atoms with Crippen molar-refractivity contribution in [1.82, 2.24) is 4.90 Å². The lowest BCUT2D eigenvalue weighted by atomic mass is 10.2. The number of nitrogens with zero attached hydrogens (tertiary/aromatic N) is 1. The molecule has 1 heterocycles. The second kappa shape index (κ2) is 5.27. The fourth-order valence-corrected chi connectivity index (χ4v) is 1.51. The van der Waals surface area contributed by atoms with E-state index < -0.39 is 0 Å². The molecule has 0 radical (unpaired) electrons. The number of ether oxygens (including phenoxy) is 1. The Morgan fingerprint density at radius 1 is 1.67 bits per heavy atom. The zero-order chi connectivity index (χ0) is 8.81. The summed E-state index contributed by atoms with van der Waals surface area (Å²) in [6.07, 6.45) is 3.64. The maximum absolute atomic E-state index is 10.3. The van der Waals surface area contributed by atoms with Gasteiger partial charge in [0.1, 0.15) is 6.29 Å². The molecule has 0 aromatic heterocycles. The fraction of sp³-hybridized carbons (Fsp3) is 0.889. The van der Waals surface area contributed by atoms with Crippen LogP contribution in [0.3, 0.4) is 0 Å². The van der Waals surface area contributed by atoms with Crippen LogP contribution in [0, 0.1) is 0 Å². The summed E-state index contributed by atoms with van der Waals surface area (Å²) in [6, 6.07) is 0. The monoisotopic (exact) mass is 171 g/mol. The fourth-order valence-electron chi connectivity index (χ4n) is 1.51. The third kappa shape index (κ3) is 2.91. The van der Waals surface area contributed by atoms with Gasteiger partial charge in [0.15, 0.2) is 0 Å². The lowest BCUT2D eigenvalue weighted by Gasteiger charge is -2.20. The smallest absolute Gasteiger partial charge is 0.133 e. The Bertz CT molecular complexity index is 132. The number of carbonyl (C=O) groups excluding carboxylic acids is 1. The molecule has 1 saturated heterocycles. The lowest BCUT2D eigenvalue weighted by molar-refractivity contribution is -0.109. The first-order valence-electron chi connectivity index (χ1n) is 4.64. The first-order valence-corrected chi connectivity index (χ1v) is 4.64. The molecular formula is C9H17NO2. The van der Waals surface area contributed by atoms with Crippen molar-refractivity contribution in [3.05, 3.63) is 0 Å². The summed E-state index contributed by atoms with van der Waals surface area (Å²) >= 11 is 0. The van der Waals surface area contributed by atoms with Gasteiger partial charge in [0.25, 0.3) is 0 Å². The van der Waals surface area contributed by atoms with Crippen LogP contribution in [0.15, 0.2) is 0 Å². The Hall–Kier alpha value is -0.410. The van der Waals surface area contributed by atoms with Crippen LogP contribution in [-0.2, 0) is 9.53 Å². The topological polar surface area (TPSA) is 29.5 Å². The van der Waals surface area contributed by atoms with Gasteiger partial charge >= 0.3 is 0 Å². The molecule has 12 heavy (non-hydrogen) atoms. The number of carbonyl (C=O) groups is 1. The first-order chi connectivity index (χ1) is 5.86. The van der Waals surface area contributed by atoms with E-state index >= 15 is 0 Å². The van der Waals surface area contributed by atoms with E-state index in [1.807, 2.05) is 0 Å². The van der Waals surface area contributed by atoms with Crippen molar-refractivity contribution in [2.45, 2.75) is 25.9 Å². The van der Waals surface area contributed by atoms with Crippen LogP contribution < -0.4 is 0 Å². The third-order valence-corrected chi connectivity index (χ3v) is 2.27. The molecule has 1 atom stereocenters. The van der Waals surface area contributed by atoms with Gasteiger partial charge in [0.05, 0.1) is 12.6 Å². The van der Waals surface area contributed by atoms with Crippen LogP contribution in [0.2, 0.25) is 0 Å². The Morgan fingerprint density at radius 2 is 2.50 bits per heavy atom. The minimum Gasteiger partial charge on any atom is -0.377 e. The van der Waals surface area contributed by atoms with Gasteiger partial charge in [-0.05, 0) is 19.4 Å². The van der Waals surface area contributed by atoms with Gasteiger partial charge in [0.2, 0.25) is 0 Å². The number of hydrogen-bond donors (Lipinski definition) is 0. The van der Waals surface area contributed by atoms with E-state index in [1.54, 1.807) is 0 Å². The lowest BCUT2D eigenvalue weighted by Crippen LogP contribution is -2.33. The minimum absolute atomic E-state index is 0.366. The third-order valence-electron chi connectivity index (χ3n) is 2.27. The predicted octanol–water partition coefficient (Wildman–Crippen LogP) is 0.686. The molecule has 1 aliphatic heterocycles. The van der Waals surface area contributed by atoms with Crippen molar-refractivity contribution in [3.8, 4) is 0 Å². The summed E-state index contributed by atoms with van der Waals surface area (Å²) in [5.41, 5.74) is 0. The van der Waals surface area contributed by atoms with Crippen LogP contribution >= 0.6 is 0 Å². The average Bonchev–Trinajstić information content (AvgIpc) is 2.56. The Balaban J connectivity index is 2.20. The summed E-state index contributed by atoms with van der Waals surface area (Å²) in [5.74, 6) is 0. The molecular weight excluding hydrogens is 154 g/mol. The highest BCUT2D eigenvalue weighted by Gasteiger charge is 2.17. The van der Waals surface area contributed by atoms with E-state index in [-0.39, 0.29) is 0 Å². The zero-order valence-electron chi connectivity index (χ0n) is 7.66. The highest BCUT2D eigenvalue weighted by Crippen LogP contribution is 2.12. The summed E-state index contributed by atoms with van der Waals surface area (Å²) < 4.78 is 5.47. The highest BCUT2D eigenvalue weighted by atomic mass is 16.5. The molecule has 3 nitrogen and oxygen atoms in total. The summed E-state index contributed by atoms with van der Waals surface area (Å²) in [7, 11) is 0. The standard InChI is InChI=1S/C9H17NO2/c1-2-10(5-6-11)8-9-4-3-7-12-9/h6,9H,2-5,7-8H2,1H3. The molecule has 1 aliphatic rings. The normalized spacial score (nSPS) is 23.3. The number of hydrogen-bond acceptors (Lipinski definition) is 3. The summed E-state index contributed by atoms with van der Waals surface area (Å²) in [4.78, 5) is 12.4. The van der Waals surface area contributed by atoms with Gasteiger partial charge in [0, 0.05) is 13.2 Å². The van der Waals surface area contributed by atoms with Gasteiger partial charge in [-0.2, -0.15) is 0 Å². The molecule has 0 amide bonds. The average molecular weight is 171 g/mol. The molecule has 0 aromatic rings. The molecule has 0 spiro atoms. The van der Waals surface area contributed by atoms with E-state index in [4.69, 9.17) is 4.74 Å². The first kappa shape index (κ1) is 9.68. The maximum atomic E-state index is 10.3. The second-order valence-corrected chi connectivity index (χ2v) is 3.15. The summed E-state index contributed by atoms with van der Waals surface area (Å²) in [5, 5.41) is 0. The van der Waals surface area contributed by atoms with Crippen LogP contribution in [0.1, 0.15) is 19.8 Å². The van der Waals surface area contributed by atoms with Gasteiger partial charge in [-0.15, -0.1) is 0 Å². The maximum Gasteiger partial charge on any atom is 0.133 e. The highest BCUT2D eigenvalue weighted by molar-refractivity contribution is 5.51. The van der Waals surface area contributed by atoms with E-state index in [0.29, 0.717) is 12.6 Å². The van der Waals surface area contributed by atoms with Gasteiger partial charge in [-0.25, -0.2) is 0 Å². The molecule has 0 N–H and O–H groups in total. The van der Waals surface area contributed by atoms with Crippen LogP contribution in [0.5, 0.6) is 0 Å². The molecule has 0 saturated carbocycles. The molecule has 1 unspecified atom stereocenters. The van der Waals surface area contributed by atoms with Crippen molar-refractivity contribution in [1.29, 1.82) is 0 Å². The SMILES string of the molecule is CCN(CC=O)CC1CCCO1. The Labute approximate surface area is 73.7 Å². The number of rotatable bonds is 5. The Morgan fingerprint density at radius 3 is 3.00 bits per heavy atom. The molecule has 3 heteroatoms. The van der Waals surface area contributed by atoms with Crippen molar-refractivity contribution in [2.75, 3.05) is 26.2 Å². The van der Waals surface area contributed by atoms with E-state index in [9.17, 15) is 4.79 Å². The van der Waals surface area contributed by atoms with E-state index in [1.165, 1.54) is 6.42 Å². The van der Waals surface area contributed by atoms with Crippen LogP contribution in [0.25, 0.3) is 0 Å². The van der Waals surface area contributed by atoms with Crippen molar-refractivity contribution in [3.63, 3.8) is 0 Å². The van der Waals surface area contributed by atoms with Crippen LogP contribution in [-0.4, -0.2) is 43.5 Å². The van der Waals surface area contributed by atoms with Crippen molar-refractivity contribution >= 4 is 6.29 Å². The van der Waals surface area contributed by atoms with E-state index in [2.05, 4.69) is 11.8 Å². The van der Waals surface area contributed by atoms with Crippen molar-refractivity contribution in [2.24, 2.45) is 0 Å². The minimum atomic E-state index is 0.366. The van der Waals surface area contributed by atoms with Gasteiger partial charge < -0.3 is 9.53 Å². The molecule has 0 bridgehead atoms. The molecule has 0 aromatic carbocycles. The molecule has 0 aliphatic carbocycles. The number of aldehydes is 1. The quantitative estimate of drug-likeness (QED) is 0.570.